The second-order valence-corrected chi connectivity index (χ2v) is 5.22. The molecule has 0 amide bonds. The molecule has 1 rings (SSSR count). The van der Waals surface area contributed by atoms with Crippen molar-refractivity contribution in [1.82, 2.24) is 0 Å². The number of phenols is 1. The molecule has 0 aliphatic carbocycles. The predicted molar refractivity (Wildman–Crippen MR) is 66.9 cm³/mol. The van der Waals surface area contributed by atoms with Crippen LogP contribution in [0.2, 0.25) is 0 Å². The molecule has 1 atom stereocenters. The van der Waals surface area contributed by atoms with Crippen LogP contribution in [0.5, 0.6) is 5.75 Å². The highest BCUT2D eigenvalue weighted by Gasteiger charge is 2.17. The monoisotopic (exact) mass is 271 g/mol. The first-order chi connectivity index (χ1) is 6.93. The molecule has 0 heterocycles. The van der Waals surface area contributed by atoms with Gasteiger partial charge >= 0.3 is 0 Å². The fourth-order valence-corrected chi connectivity index (χ4v) is 2.28. The van der Waals surface area contributed by atoms with Crippen LogP contribution in [0.4, 0.5) is 0 Å². The summed E-state index contributed by atoms with van der Waals surface area (Å²) < 4.78 is 0.888. The smallest absolute Gasteiger partial charge is 0.124 e. The van der Waals surface area contributed by atoms with Gasteiger partial charge in [0.1, 0.15) is 5.75 Å². The lowest BCUT2D eigenvalue weighted by molar-refractivity contribution is 0.441. The van der Waals surface area contributed by atoms with E-state index >= 15 is 0 Å². The highest BCUT2D eigenvalue weighted by Crippen LogP contribution is 2.35. The minimum atomic E-state index is -0.112. The Morgan fingerprint density at radius 3 is 2.53 bits per heavy atom. The topological polar surface area (TPSA) is 46.2 Å². The van der Waals surface area contributed by atoms with E-state index in [0.29, 0.717) is 11.7 Å². The van der Waals surface area contributed by atoms with E-state index in [1.165, 1.54) is 0 Å². The van der Waals surface area contributed by atoms with Crippen LogP contribution in [0.3, 0.4) is 0 Å². The van der Waals surface area contributed by atoms with Gasteiger partial charge in [-0.15, -0.1) is 0 Å². The van der Waals surface area contributed by atoms with Crippen molar-refractivity contribution in [3.8, 4) is 5.75 Å². The summed E-state index contributed by atoms with van der Waals surface area (Å²) in [6, 6.07) is 3.70. The van der Waals surface area contributed by atoms with E-state index in [-0.39, 0.29) is 6.04 Å². The van der Waals surface area contributed by atoms with Gasteiger partial charge in [0.2, 0.25) is 0 Å². The van der Waals surface area contributed by atoms with E-state index in [1.54, 1.807) is 0 Å². The Morgan fingerprint density at radius 2 is 2.00 bits per heavy atom. The second-order valence-electron chi connectivity index (χ2n) is 4.36. The zero-order chi connectivity index (χ0) is 11.6. The molecule has 2 nitrogen and oxygen atoms in total. The minimum absolute atomic E-state index is 0.112. The van der Waals surface area contributed by atoms with Crippen molar-refractivity contribution in [1.29, 1.82) is 0 Å². The van der Waals surface area contributed by atoms with E-state index in [9.17, 15) is 5.11 Å². The SMILES string of the molecule is Cc1ccc(Br)c([C@@H](N)CC(C)C)c1O. The third-order valence-electron chi connectivity index (χ3n) is 2.46. The predicted octanol–water partition coefficient (Wildman–Crippen LogP) is 3.51. The number of aromatic hydroxyl groups is 1. The maximum Gasteiger partial charge on any atom is 0.124 e. The van der Waals surface area contributed by atoms with Crippen LogP contribution in [0.1, 0.15) is 37.4 Å². The Kier molecular flexibility index (Phi) is 4.17. The first-order valence-electron chi connectivity index (χ1n) is 5.17. The van der Waals surface area contributed by atoms with Crippen LogP contribution in [-0.4, -0.2) is 5.11 Å². The highest BCUT2D eigenvalue weighted by atomic mass is 79.9. The molecule has 0 saturated carbocycles. The molecule has 1 aromatic rings. The summed E-state index contributed by atoms with van der Waals surface area (Å²) in [5.74, 6) is 0.837. The molecule has 1 aromatic carbocycles. The first-order valence-corrected chi connectivity index (χ1v) is 5.96. The van der Waals surface area contributed by atoms with Crippen molar-refractivity contribution in [2.45, 2.75) is 33.2 Å². The second kappa shape index (κ2) is 4.99. The van der Waals surface area contributed by atoms with Crippen molar-refractivity contribution in [3.05, 3.63) is 27.7 Å². The summed E-state index contributed by atoms with van der Waals surface area (Å²) in [7, 11) is 0. The van der Waals surface area contributed by atoms with Crippen LogP contribution < -0.4 is 5.73 Å². The zero-order valence-electron chi connectivity index (χ0n) is 9.42. The number of rotatable bonds is 3. The van der Waals surface area contributed by atoms with E-state index in [2.05, 4.69) is 29.8 Å². The van der Waals surface area contributed by atoms with E-state index < -0.39 is 0 Å². The van der Waals surface area contributed by atoms with Gasteiger partial charge < -0.3 is 10.8 Å². The van der Waals surface area contributed by atoms with Gasteiger partial charge in [0.05, 0.1) is 0 Å². The average Bonchev–Trinajstić information content (AvgIpc) is 2.11. The van der Waals surface area contributed by atoms with Gasteiger partial charge in [-0.25, -0.2) is 0 Å². The fraction of sp³-hybridized carbons (Fsp3) is 0.500. The minimum Gasteiger partial charge on any atom is -0.507 e. The quantitative estimate of drug-likeness (QED) is 0.884. The number of halogens is 1. The van der Waals surface area contributed by atoms with Gasteiger partial charge in [-0.3, -0.25) is 0 Å². The standard InChI is InChI=1S/C12H18BrNO/c1-7(2)6-10(14)11-9(13)5-4-8(3)12(11)15/h4-5,7,10,15H,6,14H2,1-3H3/t10-/m0/s1. The first kappa shape index (κ1) is 12.5. The molecule has 15 heavy (non-hydrogen) atoms. The molecule has 3 heteroatoms. The summed E-state index contributed by atoms with van der Waals surface area (Å²) >= 11 is 3.43. The van der Waals surface area contributed by atoms with Gasteiger partial charge in [0, 0.05) is 16.1 Å². The maximum absolute atomic E-state index is 9.95. The zero-order valence-corrected chi connectivity index (χ0v) is 11.0. The van der Waals surface area contributed by atoms with Crippen LogP contribution >= 0.6 is 15.9 Å². The summed E-state index contributed by atoms with van der Waals surface area (Å²) in [6.45, 7) is 6.13. The highest BCUT2D eigenvalue weighted by molar-refractivity contribution is 9.10. The van der Waals surface area contributed by atoms with Gasteiger partial charge in [0.25, 0.3) is 0 Å². The Labute approximate surface area is 99.6 Å². The summed E-state index contributed by atoms with van der Waals surface area (Å²) in [4.78, 5) is 0. The van der Waals surface area contributed by atoms with Crippen molar-refractivity contribution in [2.24, 2.45) is 11.7 Å². The van der Waals surface area contributed by atoms with Crippen LogP contribution in [0.15, 0.2) is 16.6 Å². The van der Waals surface area contributed by atoms with Crippen molar-refractivity contribution >= 4 is 15.9 Å². The Bertz CT molecular complexity index is 350. The number of benzene rings is 1. The lowest BCUT2D eigenvalue weighted by Crippen LogP contribution is -2.14. The largest absolute Gasteiger partial charge is 0.507 e. The van der Waals surface area contributed by atoms with Crippen LogP contribution in [0.25, 0.3) is 0 Å². The van der Waals surface area contributed by atoms with Gasteiger partial charge in [-0.2, -0.15) is 0 Å². The summed E-state index contributed by atoms with van der Waals surface area (Å²) in [5, 5.41) is 9.95. The molecule has 0 radical (unpaired) electrons. The van der Waals surface area contributed by atoms with Gasteiger partial charge in [-0.1, -0.05) is 35.8 Å². The third kappa shape index (κ3) is 2.95. The Balaban J connectivity index is 3.07. The Morgan fingerprint density at radius 1 is 1.40 bits per heavy atom. The van der Waals surface area contributed by atoms with E-state index in [4.69, 9.17) is 5.73 Å². The van der Waals surface area contributed by atoms with Gasteiger partial charge in [0.15, 0.2) is 0 Å². The normalized spacial score (nSPS) is 13.2. The Hall–Kier alpha value is -0.540. The van der Waals surface area contributed by atoms with E-state index in [0.717, 1.165) is 22.0 Å². The molecule has 0 spiro atoms. The average molecular weight is 272 g/mol. The molecule has 84 valence electrons. The molecule has 3 N–H and O–H groups in total. The van der Waals surface area contributed by atoms with Crippen LogP contribution in [0, 0.1) is 12.8 Å². The van der Waals surface area contributed by atoms with Crippen molar-refractivity contribution < 1.29 is 5.11 Å². The van der Waals surface area contributed by atoms with Crippen LogP contribution in [-0.2, 0) is 0 Å². The molecule has 0 aliphatic rings. The lowest BCUT2D eigenvalue weighted by Gasteiger charge is -2.18. The number of nitrogens with two attached hydrogens (primary N) is 1. The number of hydrogen-bond donors (Lipinski definition) is 2. The molecule has 0 aromatic heterocycles. The molecule has 0 bridgehead atoms. The molecule has 0 unspecified atom stereocenters. The third-order valence-corrected chi connectivity index (χ3v) is 3.15. The fourth-order valence-electron chi connectivity index (χ4n) is 1.67. The molecular weight excluding hydrogens is 254 g/mol. The number of hydrogen-bond acceptors (Lipinski definition) is 2. The van der Waals surface area contributed by atoms with Gasteiger partial charge in [-0.05, 0) is 30.9 Å². The van der Waals surface area contributed by atoms with Crippen molar-refractivity contribution in [2.75, 3.05) is 0 Å². The lowest BCUT2D eigenvalue weighted by atomic mass is 9.96. The molecule has 0 fully saturated rings. The maximum atomic E-state index is 9.95. The molecule has 0 saturated heterocycles. The number of aryl methyl sites for hydroxylation is 1. The molecule has 0 aliphatic heterocycles. The number of phenolic OH excluding ortho intramolecular Hbond substituents is 1. The van der Waals surface area contributed by atoms with E-state index in [1.807, 2.05) is 19.1 Å². The van der Waals surface area contributed by atoms with Crippen molar-refractivity contribution in [3.63, 3.8) is 0 Å². The summed E-state index contributed by atoms with van der Waals surface area (Å²) in [6.07, 6.45) is 0.871. The molecular formula is C12H18BrNO. The summed E-state index contributed by atoms with van der Waals surface area (Å²) in [5.41, 5.74) is 7.77.